The summed E-state index contributed by atoms with van der Waals surface area (Å²) in [6, 6.07) is 27.0. The summed E-state index contributed by atoms with van der Waals surface area (Å²) >= 11 is 3.67. The lowest BCUT2D eigenvalue weighted by molar-refractivity contribution is 0.0736. The van der Waals surface area contributed by atoms with Crippen molar-refractivity contribution in [1.82, 2.24) is 9.97 Å². The second-order valence-corrected chi connectivity index (χ2v) is 12.3. The Bertz CT molecular complexity index is 2340. The van der Waals surface area contributed by atoms with Gasteiger partial charge >= 0.3 is 5.97 Å². The number of esters is 1. The number of para-hydroxylation sites is 1. The van der Waals surface area contributed by atoms with Crippen molar-refractivity contribution in [3.8, 4) is 5.75 Å². The van der Waals surface area contributed by atoms with Crippen LogP contribution in [0, 0.1) is 6.92 Å². The molecule has 1 aliphatic rings. The Morgan fingerprint density at radius 2 is 1.79 bits per heavy atom. The monoisotopic (exact) mass is 686 g/mol. The molecule has 0 saturated carbocycles. The molecule has 2 amide bonds. The third-order valence-electron chi connectivity index (χ3n) is 8.64. The number of nitrogens with one attached hydrogen (secondary N) is 3. The lowest BCUT2D eigenvalue weighted by Gasteiger charge is -2.18. The number of furan rings is 1. The van der Waals surface area contributed by atoms with Crippen molar-refractivity contribution < 1.29 is 23.5 Å². The number of halogens is 1. The van der Waals surface area contributed by atoms with Crippen LogP contribution in [0.15, 0.2) is 102 Å². The van der Waals surface area contributed by atoms with E-state index in [9.17, 15) is 14.4 Å². The van der Waals surface area contributed by atoms with Gasteiger partial charge in [0.25, 0.3) is 11.8 Å². The quantitative estimate of drug-likeness (QED) is 0.0923. The highest BCUT2D eigenvalue weighted by atomic mass is 79.9. The summed E-state index contributed by atoms with van der Waals surface area (Å²) in [6.45, 7) is 2.45. The number of ether oxygens (including phenoxy) is 1. The number of hydrogen-bond acceptors (Lipinski definition) is 5. The topological polar surface area (TPSA) is 120 Å². The first-order valence-electron chi connectivity index (χ1n) is 15.1. The van der Waals surface area contributed by atoms with Crippen LogP contribution in [0.25, 0.3) is 32.8 Å². The van der Waals surface area contributed by atoms with E-state index in [1.165, 1.54) is 0 Å². The zero-order valence-electron chi connectivity index (χ0n) is 25.1. The summed E-state index contributed by atoms with van der Waals surface area (Å²) in [5.74, 6) is -0.468. The molecule has 47 heavy (non-hydrogen) atoms. The average Bonchev–Trinajstić information content (AvgIpc) is 3.88. The number of rotatable bonds is 6. The second-order valence-electron chi connectivity index (χ2n) is 11.6. The molecule has 8 rings (SSSR count). The molecule has 1 aliphatic heterocycles. The molecule has 1 atom stereocenters. The van der Waals surface area contributed by atoms with Crippen molar-refractivity contribution in [2.75, 3.05) is 22.1 Å². The van der Waals surface area contributed by atoms with Crippen LogP contribution in [0.4, 0.5) is 11.4 Å². The van der Waals surface area contributed by atoms with Crippen LogP contribution in [0.2, 0.25) is 0 Å². The Morgan fingerprint density at radius 3 is 2.60 bits per heavy atom. The van der Waals surface area contributed by atoms with Gasteiger partial charge in [-0.2, -0.15) is 0 Å². The maximum absolute atomic E-state index is 14.2. The number of aromatic nitrogens is 2. The third-order valence-corrected chi connectivity index (χ3v) is 9.42. The molecule has 0 radical (unpaired) electrons. The van der Waals surface area contributed by atoms with Gasteiger partial charge in [-0.15, -0.1) is 0 Å². The van der Waals surface area contributed by atoms with E-state index in [-0.39, 0.29) is 23.5 Å². The van der Waals surface area contributed by atoms with E-state index in [2.05, 4.69) is 31.2 Å². The number of aryl methyl sites for hydroxylation is 1. The molecule has 3 aromatic heterocycles. The van der Waals surface area contributed by atoms with Crippen molar-refractivity contribution in [2.24, 2.45) is 0 Å². The SMILES string of the molecule is Cc1c[nH]c2c(OC(=O)c3ccccc3)cc3c(c12)[C@H](CBr)CN3C(=O)c1cc2cc(NC(=O)c3cc4ccccc4o3)ccc2[nH]1. The molecule has 7 aromatic rings. The maximum atomic E-state index is 14.2. The predicted molar refractivity (Wildman–Crippen MR) is 185 cm³/mol. The summed E-state index contributed by atoms with van der Waals surface area (Å²) in [5.41, 5.74) is 6.23. The molecule has 0 spiro atoms. The van der Waals surface area contributed by atoms with Crippen LogP contribution >= 0.6 is 15.9 Å². The lowest BCUT2D eigenvalue weighted by atomic mass is 9.97. The molecular weight excluding hydrogens is 660 g/mol. The largest absolute Gasteiger partial charge is 0.451 e. The maximum Gasteiger partial charge on any atom is 0.343 e. The van der Waals surface area contributed by atoms with E-state index in [4.69, 9.17) is 9.15 Å². The fourth-order valence-corrected chi connectivity index (χ4v) is 6.93. The summed E-state index contributed by atoms with van der Waals surface area (Å²) in [4.78, 5) is 48.5. The molecule has 0 fully saturated rings. The number of carbonyl (C=O) groups is 3. The predicted octanol–water partition coefficient (Wildman–Crippen LogP) is 8.31. The molecule has 10 heteroatoms. The Labute approximate surface area is 276 Å². The third kappa shape index (κ3) is 4.97. The highest BCUT2D eigenvalue weighted by Crippen LogP contribution is 2.47. The summed E-state index contributed by atoms with van der Waals surface area (Å²) in [6.07, 6.45) is 1.89. The molecule has 9 nitrogen and oxygen atoms in total. The smallest absolute Gasteiger partial charge is 0.343 e. The summed E-state index contributed by atoms with van der Waals surface area (Å²) < 4.78 is 11.6. The summed E-state index contributed by atoms with van der Waals surface area (Å²) in [5, 5.41) is 6.10. The minimum atomic E-state index is -0.481. The van der Waals surface area contributed by atoms with Gasteiger partial charge in [-0.1, -0.05) is 52.3 Å². The number of fused-ring (bicyclic) bond motifs is 5. The van der Waals surface area contributed by atoms with Gasteiger partial charge in [0.05, 0.1) is 16.8 Å². The highest BCUT2D eigenvalue weighted by Gasteiger charge is 2.36. The van der Waals surface area contributed by atoms with Gasteiger partial charge in [0, 0.05) is 57.4 Å². The number of nitrogens with zero attached hydrogens (tertiary/aromatic N) is 1. The minimum Gasteiger partial charge on any atom is -0.451 e. The summed E-state index contributed by atoms with van der Waals surface area (Å²) in [7, 11) is 0. The first kappa shape index (κ1) is 28.8. The minimum absolute atomic E-state index is 0.0225. The van der Waals surface area contributed by atoms with E-state index in [0.29, 0.717) is 51.4 Å². The van der Waals surface area contributed by atoms with E-state index in [1.54, 1.807) is 53.4 Å². The van der Waals surface area contributed by atoms with Crippen LogP contribution in [-0.2, 0) is 0 Å². The molecule has 3 N–H and O–H groups in total. The Balaban J connectivity index is 1.11. The molecule has 4 aromatic carbocycles. The zero-order chi connectivity index (χ0) is 32.2. The van der Waals surface area contributed by atoms with Crippen LogP contribution in [0.1, 0.15) is 48.4 Å². The molecule has 0 aliphatic carbocycles. The number of carbonyl (C=O) groups excluding carboxylic acids is 3. The van der Waals surface area contributed by atoms with E-state index in [1.807, 2.05) is 55.6 Å². The van der Waals surface area contributed by atoms with Crippen molar-refractivity contribution in [2.45, 2.75) is 12.8 Å². The first-order valence-corrected chi connectivity index (χ1v) is 16.2. The first-order chi connectivity index (χ1) is 22.9. The lowest BCUT2D eigenvalue weighted by Crippen LogP contribution is -2.30. The average molecular weight is 688 g/mol. The van der Waals surface area contributed by atoms with Crippen molar-refractivity contribution >= 4 is 77.9 Å². The number of aromatic amines is 2. The van der Waals surface area contributed by atoms with E-state index >= 15 is 0 Å². The van der Waals surface area contributed by atoms with E-state index in [0.717, 1.165) is 32.8 Å². The van der Waals surface area contributed by atoms with Gasteiger partial charge in [0.1, 0.15) is 11.3 Å². The standard InChI is InChI=1S/C37H27BrN4O5/c1-20-18-39-34-30(47-37(45)21-7-3-2-4-8-21)16-28-33(32(20)34)24(17-38)19-42(28)36(44)27-14-23-13-25(11-12-26(23)41-27)40-35(43)31-15-22-9-5-6-10-29(22)46-31/h2-16,18,24,39,41H,17,19H2,1H3,(H,40,43)/t24-/m1/s1. The molecule has 0 saturated heterocycles. The van der Waals surface area contributed by atoms with Crippen molar-refractivity contribution in [1.29, 1.82) is 0 Å². The number of benzene rings is 4. The van der Waals surface area contributed by atoms with Gasteiger partial charge in [0.15, 0.2) is 11.5 Å². The molecule has 0 unspecified atom stereocenters. The van der Waals surface area contributed by atoms with Crippen LogP contribution in [0.3, 0.4) is 0 Å². The molecular formula is C37H27BrN4O5. The number of amides is 2. The Hall–Kier alpha value is -5.61. The van der Waals surface area contributed by atoms with Gasteiger partial charge in [0.2, 0.25) is 0 Å². The Morgan fingerprint density at radius 1 is 0.979 bits per heavy atom. The van der Waals surface area contributed by atoms with Crippen LogP contribution in [0.5, 0.6) is 5.75 Å². The number of anilines is 2. The van der Waals surface area contributed by atoms with Gasteiger partial charge in [-0.3, -0.25) is 9.59 Å². The number of alkyl halides is 1. The molecule has 232 valence electrons. The number of hydrogen-bond donors (Lipinski definition) is 3. The fourth-order valence-electron chi connectivity index (χ4n) is 6.40. The van der Waals surface area contributed by atoms with Crippen LogP contribution in [-0.4, -0.2) is 39.6 Å². The fraction of sp³-hybridized carbons (Fsp3) is 0.108. The van der Waals surface area contributed by atoms with Gasteiger partial charge < -0.3 is 29.3 Å². The second kappa shape index (κ2) is 11.3. The normalized spacial score (nSPS) is 14.2. The van der Waals surface area contributed by atoms with Crippen molar-refractivity contribution in [3.05, 3.63) is 125 Å². The molecule has 4 heterocycles. The van der Waals surface area contributed by atoms with Crippen molar-refractivity contribution in [3.63, 3.8) is 0 Å². The van der Waals surface area contributed by atoms with Gasteiger partial charge in [-0.25, -0.2) is 4.79 Å². The van der Waals surface area contributed by atoms with E-state index < -0.39 is 5.97 Å². The zero-order valence-corrected chi connectivity index (χ0v) is 26.7. The highest BCUT2D eigenvalue weighted by molar-refractivity contribution is 9.09. The number of H-pyrrole nitrogens is 2. The van der Waals surface area contributed by atoms with Crippen LogP contribution < -0.4 is 15.0 Å². The molecule has 0 bridgehead atoms. The Kier molecular flexibility index (Phi) is 6.95. The van der Waals surface area contributed by atoms with Gasteiger partial charge in [-0.05, 0) is 66.6 Å².